The number of carbonyl (C=O) groups is 1. The molecule has 18 heavy (non-hydrogen) atoms. The minimum Gasteiger partial charge on any atom is -0.461 e. The minimum absolute atomic E-state index is 0.229. The van der Waals surface area contributed by atoms with Crippen LogP contribution in [0, 0.1) is 0 Å². The number of rotatable bonds is 5. The van der Waals surface area contributed by atoms with Crippen LogP contribution >= 0.6 is 23.4 Å². The van der Waals surface area contributed by atoms with Gasteiger partial charge in [-0.25, -0.2) is 9.18 Å². The molecule has 0 fully saturated rings. The van der Waals surface area contributed by atoms with Crippen LogP contribution in [0.1, 0.15) is 6.92 Å². The molecule has 0 saturated carbocycles. The summed E-state index contributed by atoms with van der Waals surface area (Å²) in [5, 5.41) is 0.409. The van der Waals surface area contributed by atoms with E-state index in [1.807, 2.05) is 0 Å². The molecule has 0 aromatic heterocycles. The van der Waals surface area contributed by atoms with Gasteiger partial charge in [-0.05, 0) is 31.2 Å². The zero-order valence-corrected chi connectivity index (χ0v) is 10.9. The van der Waals surface area contributed by atoms with Crippen LogP contribution in [0.4, 0.5) is 13.2 Å². The summed E-state index contributed by atoms with van der Waals surface area (Å²) in [6.45, 7) is 1.14. The average molecular weight is 299 g/mol. The number of thioether (sulfide) groups is 1. The Balaban J connectivity index is 2.72. The molecule has 100 valence electrons. The van der Waals surface area contributed by atoms with E-state index in [-0.39, 0.29) is 23.3 Å². The van der Waals surface area contributed by atoms with Crippen molar-refractivity contribution in [2.75, 3.05) is 6.61 Å². The summed E-state index contributed by atoms with van der Waals surface area (Å²) in [5.74, 6) is -6.04. The van der Waals surface area contributed by atoms with E-state index in [0.29, 0.717) is 5.02 Å². The molecule has 0 bridgehead atoms. The molecule has 0 aliphatic heterocycles. The zero-order valence-electron chi connectivity index (χ0n) is 9.33. The second-order valence-corrected chi connectivity index (χ2v) is 4.79. The van der Waals surface area contributed by atoms with Crippen LogP contribution in [0.3, 0.4) is 0 Å². The summed E-state index contributed by atoms with van der Waals surface area (Å²) in [6, 6.07) is 5.67. The number of alkyl halides is 3. The first kappa shape index (κ1) is 15.2. The molecule has 2 nitrogen and oxygen atoms in total. The molecule has 0 unspecified atom stereocenters. The van der Waals surface area contributed by atoms with Crippen molar-refractivity contribution in [2.24, 2.45) is 0 Å². The molecule has 1 aromatic carbocycles. The van der Waals surface area contributed by atoms with Gasteiger partial charge >= 0.3 is 11.9 Å². The lowest BCUT2D eigenvalue weighted by molar-refractivity contribution is -0.175. The lowest BCUT2D eigenvalue weighted by Gasteiger charge is -2.18. The molecule has 0 aliphatic rings. The predicted octanol–water partition coefficient (Wildman–Crippen LogP) is 3.93. The number of halogens is 4. The molecule has 0 radical (unpaired) electrons. The highest BCUT2D eigenvalue weighted by Crippen LogP contribution is 2.36. The lowest BCUT2D eigenvalue weighted by atomic mass is 10.4. The van der Waals surface area contributed by atoms with Crippen molar-refractivity contribution < 1.29 is 22.7 Å². The zero-order chi connectivity index (χ0) is 13.8. The maximum Gasteiger partial charge on any atom is 0.382 e. The molecule has 0 aliphatic carbocycles. The van der Waals surface area contributed by atoms with Crippen LogP contribution in [-0.4, -0.2) is 24.0 Å². The van der Waals surface area contributed by atoms with Crippen molar-refractivity contribution in [1.29, 1.82) is 0 Å². The van der Waals surface area contributed by atoms with E-state index in [0.717, 1.165) is 0 Å². The second-order valence-electron chi connectivity index (χ2n) is 3.23. The van der Waals surface area contributed by atoms with Crippen molar-refractivity contribution in [3.8, 4) is 0 Å². The van der Waals surface area contributed by atoms with Crippen molar-refractivity contribution in [2.45, 2.75) is 23.2 Å². The summed E-state index contributed by atoms with van der Waals surface area (Å²) < 4.78 is 44.1. The Morgan fingerprint density at radius 3 is 2.50 bits per heavy atom. The third kappa shape index (κ3) is 3.81. The van der Waals surface area contributed by atoms with Crippen LogP contribution in [0.2, 0.25) is 5.02 Å². The van der Waals surface area contributed by atoms with Gasteiger partial charge in [0.05, 0.1) is 6.61 Å². The monoisotopic (exact) mass is 298 g/mol. The second kappa shape index (κ2) is 6.33. The van der Waals surface area contributed by atoms with E-state index in [1.54, 1.807) is 0 Å². The van der Waals surface area contributed by atoms with Gasteiger partial charge < -0.3 is 4.74 Å². The fraction of sp³-hybridized carbons (Fsp3) is 0.364. The Labute approximate surface area is 111 Å². The summed E-state index contributed by atoms with van der Waals surface area (Å²) in [4.78, 5) is 11.2. The summed E-state index contributed by atoms with van der Waals surface area (Å²) >= 11 is 5.84. The average Bonchev–Trinajstić information content (AvgIpc) is 2.32. The van der Waals surface area contributed by atoms with E-state index in [9.17, 15) is 18.0 Å². The van der Waals surface area contributed by atoms with Gasteiger partial charge in [-0.3, -0.25) is 0 Å². The normalized spacial score (nSPS) is 13.2. The quantitative estimate of drug-likeness (QED) is 0.609. The molecule has 0 spiro atoms. The summed E-state index contributed by atoms with van der Waals surface area (Å²) in [6.07, 6.45) is 0. The highest BCUT2D eigenvalue weighted by atomic mass is 35.5. The van der Waals surface area contributed by atoms with E-state index < -0.39 is 17.4 Å². The largest absolute Gasteiger partial charge is 0.461 e. The van der Waals surface area contributed by atoms with Crippen molar-refractivity contribution in [3.63, 3.8) is 0 Å². The van der Waals surface area contributed by atoms with Gasteiger partial charge in [0, 0.05) is 9.92 Å². The first-order valence-corrected chi connectivity index (χ1v) is 6.25. The molecular formula is C11H10ClF3O2S. The third-order valence-corrected chi connectivity index (χ3v) is 3.19. The van der Waals surface area contributed by atoms with Crippen LogP contribution in [0.15, 0.2) is 29.2 Å². The van der Waals surface area contributed by atoms with Crippen molar-refractivity contribution in [3.05, 3.63) is 29.3 Å². The molecule has 1 atom stereocenters. The molecule has 1 rings (SSSR count). The topological polar surface area (TPSA) is 26.3 Å². The highest BCUT2D eigenvalue weighted by molar-refractivity contribution is 7.99. The van der Waals surface area contributed by atoms with E-state index in [2.05, 4.69) is 4.74 Å². The summed E-state index contributed by atoms with van der Waals surface area (Å²) in [7, 11) is 0. The van der Waals surface area contributed by atoms with E-state index in [4.69, 9.17) is 11.6 Å². The smallest absolute Gasteiger partial charge is 0.382 e. The van der Waals surface area contributed by atoms with Crippen LogP contribution < -0.4 is 0 Å². The fourth-order valence-corrected chi connectivity index (χ4v) is 1.93. The number of hydrogen-bond donors (Lipinski definition) is 0. The van der Waals surface area contributed by atoms with Crippen molar-refractivity contribution >= 4 is 29.3 Å². The Kier molecular flexibility index (Phi) is 5.34. The van der Waals surface area contributed by atoms with E-state index >= 15 is 0 Å². The van der Waals surface area contributed by atoms with Crippen LogP contribution in [-0.2, 0) is 9.53 Å². The van der Waals surface area contributed by atoms with Gasteiger partial charge in [-0.15, -0.1) is 0 Å². The molecule has 0 saturated heterocycles. The van der Waals surface area contributed by atoms with Gasteiger partial charge in [0.2, 0.25) is 5.50 Å². The number of esters is 1. The Morgan fingerprint density at radius 2 is 2.00 bits per heavy atom. The molecule has 0 heterocycles. The summed E-state index contributed by atoms with van der Waals surface area (Å²) in [5.41, 5.74) is -2.71. The lowest BCUT2D eigenvalue weighted by Crippen LogP contribution is -2.38. The minimum atomic E-state index is -4.18. The fourth-order valence-electron chi connectivity index (χ4n) is 1.03. The first-order chi connectivity index (χ1) is 8.37. The molecular weight excluding hydrogens is 289 g/mol. The predicted molar refractivity (Wildman–Crippen MR) is 63.8 cm³/mol. The standard InChI is InChI=1S/C11H10ClF3O2S/c1-2-17-10(16)11(14,15)9(13)18-8-5-3-7(12)4-6-8/h3-6,9H,2H2,1H3/t9-/m0/s1. The third-order valence-electron chi connectivity index (χ3n) is 1.89. The van der Waals surface area contributed by atoms with Crippen LogP contribution in [0.25, 0.3) is 0 Å². The maximum absolute atomic E-state index is 13.4. The maximum atomic E-state index is 13.4. The number of carbonyl (C=O) groups excluding carboxylic acids is 1. The van der Waals surface area contributed by atoms with Crippen molar-refractivity contribution in [1.82, 2.24) is 0 Å². The molecule has 7 heteroatoms. The van der Waals surface area contributed by atoms with Gasteiger partial charge in [0.25, 0.3) is 0 Å². The Morgan fingerprint density at radius 1 is 1.44 bits per heavy atom. The van der Waals surface area contributed by atoms with Gasteiger partial charge in [0.1, 0.15) is 0 Å². The number of hydrogen-bond acceptors (Lipinski definition) is 3. The first-order valence-electron chi connectivity index (χ1n) is 4.99. The van der Waals surface area contributed by atoms with Crippen LogP contribution in [0.5, 0.6) is 0 Å². The molecule has 0 amide bonds. The molecule has 1 aromatic rings. The Bertz CT molecular complexity index is 411. The van der Waals surface area contributed by atoms with E-state index in [1.165, 1.54) is 31.2 Å². The van der Waals surface area contributed by atoms with Gasteiger partial charge in [-0.2, -0.15) is 8.78 Å². The molecule has 0 N–H and O–H groups in total. The van der Waals surface area contributed by atoms with Gasteiger partial charge in [-0.1, -0.05) is 23.4 Å². The highest BCUT2D eigenvalue weighted by Gasteiger charge is 2.50. The number of benzene rings is 1. The Hall–Kier alpha value is -0.880. The SMILES string of the molecule is CCOC(=O)C(F)(F)[C@@H](F)Sc1ccc(Cl)cc1. The number of ether oxygens (including phenoxy) is 1. The van der Waals surface area contributed by atoms with Gasteiger partial charge in [0.15, 0.2) is 0 Å².